The number of carbonyl (C=O) groups is 2. The van der Waals surface area contributed by atoms with Gasteiger partial charge < -0.3 is 20.8 Å². The largest absolute Gasteiger partial charge is 0.480 e. The number of nitrogens with one attached hydrogen (secondary N) is 2. The fourth-order valence-electron chi connectivity index (χ4n) is 2.06. The van der Waals surface area contributed by atoms with Crippen molar-refractivity contribution in [2.75, 3.05) is 13.1 Å². The van der Waals surface area contributed by atoms with Crippen LogP contribution < -0.4 is 10.6 Å². The van der Waals surface area contributed by atoms with Crippen LogP contribution >= 0.6 is 0 Å². The van der Waals surface area contributed by atoms with Crippen LogP contribution in [0.4, 0.5) is 0 Å². The monoisotopic (exact) mass is 230 g/mol. The highest BCUT2D eigenvalue weighted by Crippen LogP contribution is 2.18. The summed E-state index contributed by atoms with van der Waals surface area (Å²) in [5.41, 5.74) is 0. The Morgan fingerprint density at radius 2 is 1.31 bits per heavy atom. The molecule has 0 bridgehead atoms. The zero-order valence-corrected chi connectivity index (χ0v) is 9.11. The summed E-state index contributed by atoms with van der Waals surface area (Å²) < 4.78 is 0. The molecule has 0 heterocycles. The predicted octanol–water partition coefficient (Wildman–Crippen LogP) is -0.354. The van der Waals surface area contributed by atoms with E-state index in [1.807, 2.05) is 0 Å². The Labute approximate surface area is 94.0 Å². The fraction of sp³-hybridized carbons (Fsp3) is 0.800. The van der Waals surface area contributed by atoms with Crippen LogP contribution in [0, 0.1) is 0 Å². The van der Waals surface area contributed by atoms with Crippen molar-refractivity contribution in [2.45, 2.75) is 37.8 Å². The fourth-order valence-corrected chi connectivity index (χ4v) is 2.06. The van der Waals surface area contributed by atoms with E-state index in [2.05, 4.69) is 10.6 Å². The molecule has 0 aromatic heterocycles. The van der Waals surface area contributed by atoms with Crippen LogP contribution in [-0.4, -0.2) is 47.3 Å². The summed E-state index contributed by atoms with van der Waals surface area (Å²) in [5.74, 6) is -1.77. The summed E-state index contributed by atoms with van der Waals surface area (Å²) in [6.07, 6.45) is 3.90. The highest BCUT2D eigenvalue weighted by atomic mass is 16.4. The molecular weight excluding hydrogens is 212 g/mol. The highest BCUT2D eigenvalue weighted by molar-refractivity contribution is 5.69. The molecule has 0 radical (unpaired) electrons. The van der Waals surface area contributed by atoms with E-state index in [0.717, 1.165) is 25.7 Å². The maximum atomic E-state index is 10.4. The SMILES string of the molecule is O=C(O)CN[C@H]1CCCC[C@@H]1NCC(=O)O. The maximum Gasteiger partial charge on any atom is 0.317 e. The predicted molar refractivity (Wildman–Crippen MR) is 57.3 cm³/mol. The standard InChI is InChI=1S/C10H18N2O4/c13-9(14)5-11-7-3-1-2-4-8(7)12-6-10(15)16/h7-8,11-12H,1-6H2,(H,13,14)(H,15,16)/t7-,8-/m0/s1. The Kier molecular flexibility index (Phi) is 5.21. The van der Waals surface area contributed by atoms with E-state index in [1.165, 1.54) is 0 Å². The van der Waals surface area contributed by atoms with Crippen molar-refractivity contribution in [3.8, 4) is 0 Å². The Morgan fingerprint density at radius 1 is 0.938 bits per heavy atom. The van der Waals surface area contributed by atoms with Crippen molar-refractivity contribution in [3.05, 3.63) is 0 Å². The number of carboxylic acids is 2. The van der Waals surface area contributed by atoms with Gasteiger partial charge in [0.15, 0.2) is 0 Å². The average Bonchev–Trinajstić information content (AvgIpc) is 2.24. The van der Waals surface area contributed by atoms with Gasteiger partial charge in [-0.3, -0.25) is 9.59 Å². The van der Waals surface area contributed by atoms with Gasteiger partial charge in [0.25, 0.3) is 0 Å². The molecule has 0 unspecified atom stereocenters. The summed E-state index contributed by atoms with van der Waals surface area (Å²) in [5, 5.41) is 23.0. The minimum absolute atomic E-state index is 0.0594. The molecule has 16 heavy (non-hydrogen) atoms. The third-order valence-electron chi connectivity index (χ3n) is 2.80. The first kappa shape index (κ1) is 12.9. The highest BCUT2D eigenvalue weighted by Gasteiger charge is 2.25. The van der Waals surface area contributed by atoms with Crippen LogP contribution in [0.3, 0.4) is 0 Å². The molecule has 92 valence electrons. The van der Waals surface area contributed by atoms with E-state index in [0.29, 0.717) is 0 Å². The Morgan fingerprint density at radius 3 is 1.62 bits per heavy atom. The molecule has 0 amide bonds. The van der Waals surface area contributed by atoms with Crippen molar-refractivity contribution in [2.24, 2.45) is 0 Å². The van der Waals surface area contributed by atoms with Crippen molar-refractivity contribution in [1.29, 1.82) is 0 Å². The Balaban J connectivity index is 2.37. The van der Waals surface area contributed by atoms with Crippen LogP contribution in [-0.2, 0) is 9.59 Å². The van der Waals surface area contributed by atoms with Crippen molar-refractivity contribution >= 4 is 11.9 Å². The number of carboxylic acid groups (broad SMARTS) is 2. The van der Waals surface area contributed by atoms with Crippen LogP contribution in [0.15, 0.2) is 0 Å². The second-order valence-electron chi connectivity index (χ2n) is 4.05. The van der Waals surface area contributed by atoms with Crippen LogP contribution in [0.1, 0.15) is 25.7 Å². The number of hydrogen-bond acceptors (Lipinski definition) is 4. The average molecular weight is 230 g/mol. The van der Waals surface area contributed by atoms with E-state index >= 15 is 0 Å². The molecule has 6 nitrogen and oxygen atoms in total. The lowest BCUT2D eigenvalue weighted by atomic mass is 9.90. The van der Waals surface area contributed by atoms with Gasteiger partial charge in [-0.2, -0.15) is 0 Å². The van der Waals surface area contributed by atoms with E-state index in [1.54, 1.807) is 0 Å². The molecule has 2 atom stereocenters. The first-order valence-electron chi connectivity index (χ1n) is 5.50. The van der Waals surface area contributed by atoms with E-state index in [-0.39, 0.29) is 25.2 Å². The molecule has 4 N–H and O–H groups in total. The maximum absolute atomic E-state index is 10.4. The molecule has 1 saturated carbocycles. The van der Waals surface area contributed by atoms with Crippen molar-refractivity contribution in [3.63, 3.8) is 0 Å². The third-order valence-corrected chi connectivity index (χ3v) is 2.80. The zero-order chi connectivity index (χ0) is 12.0. The second-order valence-corrected chi connectivity index (χ2v) is 4.05. The molecule has 1 aliphatic rings. The molecule has 1 fully saturated rings. The van der Waals surface area contributed by atoms with Gasteiger partial charge in [-0.15, -0.1) is 0 Å². The second kappa shape index (κ2) is 6.44. The number of aliphatic carboxylic acids is 2. The third kappa shape index (κ3) is 4.59. The molecule has 0 saturated heterocycles. The minimum atomic E-state index is -0.887. The molecule has 0 spiro atoms. The summed E-state index contributed by atoms with van der Waals surface area (Å²) in [7, 11) is 0. The first-order valence-corrected chi connectivity index (χ1v) is 5.50. The minimum Gasteiger partial charge on any atom is -0.480 e. The Hall–Kier alpha value is -1.14. The topological polar surface area (TPSA) is 98.7 Å². The molecule has 0 aromatic carbocycles. The quantitative estimate of drug-likeness (QED) is 0.497. The zero-order valence-electron chi connectivity index (χ0n) is 9.11. The Bertz CT molecular complexity index is 231. The number of rotatable bonds is 6. The molecular formula is C10H18N2O4. The summed E-state index contributed by atoms with van der Waals surface area (Å²) in [6.45, 7) is -0.147. The molecule has 0 aliphatic heterocycles. The van der Waals surface area contributed by atoms with Gasteiger partial charge in [-0.05, 0) is 12.8 Å². The lowest BCUT2D eigenvalue weighted by Gasteiger charge is -2.32. The lowest BCUT2D eigenvalue weighted by Crippen LogP contribution is -2.52. The lowest BCUT2D eigenvalue weighted by molar-refractivity contribution is -0.137. The first-order chi connectivity index (χ1) is 7.59. The normalized spacial score (nSPS) is 25.2. The summed E-state index contributed by atoms with van der Waals surface area (Å²) in [6, 6.07) is 0.119. The summed E-state index contributed by atoms with van der Waals surface area (Å²) in [4.78, 5) is 20.9. The van der Waals surface area contributed by atoms with Gasteiger partial charge >= 0.3 is 11.9 Å². The number of hydrogen-bond donors (Lipinski definition) is 4. The molecule has 1 aliphatic carbocycles. The van der Waals surface area contributed by atoms with Crippen LogP contribution in [0.2, 0.25) is 0 Å². The van der Waals surface area contributed by atoms with Crippen LogP contribution in [0.5, 0.6) is 0 Å². The van der Waals surface area contributed by atoms with Gasteiger partial charge in [0.1, 0.15) is 0 Å². The van der Waals surface area contributed by atoms with Crippen LogP contribution in [0.25, 0.3) is 0 Å². The molecule has 1 rings (SSSR count). The smallest absolute Gasteiger partial charge is 0.317 e. The van der Waals surface area contributed by atoms with Crippen molar-refractivity contribution in [1.82, 2.24) is 10.6 Å². The molecule has 0 aromatic rings. The molecule has 6 heteroatoms. The van der Waals surface area contributed by atoms with Crippen molar-refractivity contribution < 1.29 is 19.8 Å². The van der Waals surface area contributed by atoms with Gasteiger partial charge in [-0.25, -0.2) is 0 Å². The van der Waals surface area contributed by atoms with E-state index in [4.69, 9.17) is 10.2 Å². The van der Waals surface area contributed by atoms with Gasteiger partial charge in [0, 0.05) is 12.1 Å². The van der Waals surface area contributed by atoms with Gasteiger partial charge in [0.05, 0.1) is 13.1 Å². The van der Waals surface area contributed by atoms with Gasteiger partial charge in [-0.1, -0.05) is 12.8 Å². The summed E-state index contributed by atoms with van der Waals surface area (Å²) >= 11 is 0. The van der Waals surface area contributed by atoms with E-state index < -0.39 is 11.9 Å². The van der Waals surface area contributed by atoms with E-state index in [9.17, 15) is 9.59 Å². The van der Waals surface area contributed by atoms with Gasteiger partial charge in [0.2, 0.25) is 0 Å².